The van der Waals surface area contributed by atoms with Crippen LogP contribution in [-0.4, -0.2) is 35.4 Å². The van der Waals surface area contributed by atoms with Crippen molar-refractivity contribution in [2.24, 2.45) is 11.8 Å². The van der Waals surface area contributed by atoms with Gasteiger partial charge in [0.2, 0.25) is 0 Å². The summed E-state index contributed by atoms with van der Waals surface area (Å²) in [5.74, 6) is 1.60. The topological polar surface area (TPSA) is 87.2 Å². The number of nitrogens with zero attached hydrogens (tertiary/aromatic N) is 3. The molecule has 7 nitrogen and oxygen atoms in total. The number of anilines is 3. The van der Waals surface area contributed by atoms with Gasteiger partial charge in [-0.25, -0.2) is 14.8 Å². The Hall–Kier alpha value is -2.96. The second-order valence-electron chi connectivity index (χ2n) is 8.35. The number of aromatic nitrogens is 2. The van der Waals surface area contributed by atoms with Crippen molar-refractivity contribution in [1.82, 2.24) is 9.97 Å². The van der Waals surface area contributed by atoms with Crippen LogP contribution in [0.1, 0.15) is 45.5 Å². The van der Waals surface area contributed by atoms with Crippen LogP contribution in [0.3, 0.4) is 0 Å². The van der Waals surface area contributed by atoms with E-state index in [2.05, 4.69) is 53.2 Å². The molecule has 7 heteroatoms. The van der Waals surface area contributed by atoms with Crippen LogP contribution in [0.4, 0.5) is 21.9 Å². The average molecular weight is 412 g/mol. The van der Waals surface area contributed by atoms with Gasteiger partial charge in [0, 0.05) is 19.5 Å². The molecule has 30 heavy (non-hydrogen) atoms. The molecule has 0 saturated heterocycles. The summed E-state index contributed by atoms with van der Waals surface area (Å²) in [7, 11) is 0. The fraction of sp³-hybridized carbons (Fsp3) is 0.478. The molecule has 162 valence electrons. The zero-order chi connectivity index (χ0) is 22.1. The minimum atomic E-state index is -0.356. The van der Waals surface area contributed by atoms with E-state index in [0.29, 0.717) is 36.2 Å². The summed E-state index contributed by atoms with van der Waals surface area (Å²) in [6.45, 7) is 12.3. The van der Waals surface area contributed by atoms with Crippen molar-refractivity contribution in [1.29, 1.82) is 0 Å². The van der Waals surface area contributed by atoms with Crippen LogP contribution in [-0.2, 0) is 11.2 Å². The number of rotatable bonds is 10. The summed E-state index contributed by atoms with van der Waals surface area (Å²) in [5.41, 5.74) is 3.24. The minimum absolute atomic E-state index is 0.356. The lowest BCUT2D eigenvalue weighted by Gasteiger charge is -2.30. The van der Waals surface area contributed by atoms with Gasteiger partial charge in [0.1, 0.15) is 12.1 Å². The van der Waals surface area contributed by atoms with Crippen LogP contribution in [0.2, 0.25) is 0 Å². The molecule has 2 N–H and O–H groups in total. The molecule has 0 unspecified atom stereocenters. The van der Waals surface area contributed by atoms with Gasteiger partial charge in [0.15, 0.2) is 0 Å². The van der Waals surface area contributed by atoms with E-state index < -0.39 is 0 Å². The van der Waals surface area contributed by atoms with Crippen molar-refractivity contribution in [3.05, 3.63) is 42.0 Å². The summed E-state index contributed by atoms with van der Waals surface area (Å²) in [6.07, 6.45) is 5.16. The van der Waals surface area contributed by atoms with Crippen molar-refractivity contribution >= 4 is 29.4 Å². The number of carbonyl (C=O) groups excluding carboxylic acids is 2. The highest BCUT2D eigenvalue weighted by Gasteiger charge is 2.17. The van der Waals surface area contributed by atoms with Crippen molar-refractivity contribution in [2.75, 3.05) is 28.6 Å². The van der Waals surface area contributed by atoms with Crippen LogP contribution < -0.4 is 15.5 Å². The van der Waals surface area contributed by atoms with Crippen LogP contribution in [0.15, 0.2) is 30.6 Å². The summed E-state index contributed by atoms with van der Waals surface area (Å²) in [5, 5.41) is 5.76. The predicted octanol–water partition coefficient (Wildman–Crippen LogP) is 4.68. The highest BCUT2D eigenvalue weighted by molar-refractivity contribution is 6.01. The Morgan fingerprint density at radius 2 is 1.70 bits per heavy atom. The number of amides is 2. The summed E-state index contributed by atoms with van der Waals surface area (Å²) in [4.78, 5) is 34.0. The second kappa shape index (κ2) is 11.3. The Kier molecular flexibility index (Phi) is 8.77. The molecular weight excluding hydrogens is 378 g/mol. The van der Waals surface area contributed by atoms with E-state index in [0.717, 1.165) is 36.3 Å². The summed E-state index contributed by atoms with van der Waals surface area (Å²) in [6, 6.07) is 5.67. The van der Waals surface area contributed by atoms with Crippen molar-refractivity contribution in [3.63, 3.8) is 0 Å². The van der Waals surface area contributed by atoms with E-state index in [-0.39, 0.29) is 6.03 Å². The molecule has 2 rings (SSSR count). The minimum Gasteiger partial charge on any atom is -0.369 e. The number of urea groups is 1. The molecule has 0 aliphatic heterocycles. The van der Waals surface area contributed by atoms with E-state index in [1.165, 1.54) is 0 Å². The lowest BCUT2D eigenvalue weighted by atomic mass is 10.1. The summed E-state index contributed by atoms with van der Waals surface area (Å²) < 4.78 is 0. The normalized spacial score (nSPS) is 10.9. The first-order valence-corrected chi connectivity index (χ1v) is 10.5. The van der Waals surface area contributed by atoms with Crippen LogP contribution in [0.5, 0.6) is 0 Å². The Morgan fingerprint density at radius 1 is 1.07 bits per heavy atom. The lowest BCUT2D eigenvalue weighted by molar-refractivity contribution is -0.107. The van der Waals surface area contributed by atoms with Crippen LogP contribution in [0.25, 0.3) is 0 Å². The zero-order valence-electron chi connectivity index (χ0n) is 18.6. The largest absolute Gasteiger partial charge is 0.369 e. The molecule has 0 atom stereocenters. The third-order valence-electron chi connectivity index (χ3n) is 4.41. The molecule has 0 fully saturated rings. The molecular formula is C23H33N5O2. The van der Waals surface area contributed by atoms with E-state index in [1.54, 1.807) is 19.3 Å². The Labute approximate surface area is 179 Å². The predicted molar refractivity (Wildman–Crippen MR) is 122 cm³/mol. The second-order valence-corrected chi connectivity index (χ2v) is 8.35. The molecule has 2 aromatic rings. The maximum absolute atomic E-state index is 12.7. The SMILES string of the molecule is Cc1ncc(NC(=O)Nc2cc(CCC=O)ccc2N(CC(C)C)CC(C)C)cn1. The molecule has 2 amide bonds. The van der Waals surface area contributed by atoms with Crippen LogP contribution in [0, 0.1) is 18.8 Å². The molecule has 0 bridgehead atoms. The highest BCUT2D eigenvalue weighted by atomic mass is 16.2. The monoisotopic (exact) mass is 411 g/mol. The van der Waals surface area contributed by atoms with Gasteiger partial charge in [-0.1, -0.05) is 33.8 Å². The van der Waals surface area contributed by atoms with Crippen molar-refractivity contribution in [2.45, 2.75) is 47.5 Å². The molecule has 0 aliphatic carbocycles. The van der Waals surface area contributed by atoms with Gasteiger partial charge in [-0.05, 0) is 42.9 Å². The standard InChI is InChI=1S/C23H33N5O2/c1-16(2)14-28(15-17(3)4)22-9-8-19(7-6-10-29)11-21(22)27-23(30)26-20-12-24-18(5)25-13-20/h8-13,16-17H,6-7,14-15H2,1-5H3,(H2,26,27,30). The van der Waals surface area contributed by atoms with E-state index in [4.69, 9.17) is 0 Å². The number of hydrogen-bond donors (Lipinski definition) is 2. The molecule has 0 aliphatic rings. The number of nitrogens with one attached hydrogen (secondary N) is 2. The first-order valence-electron chi connectivity index (χ1n) is 10.5. The average Bonchev–Trinajstić information content (AvgIpc) is 2.67. The molecule has 0 radical (unpaired) electrons. The maximum Gasteiger partial charge on any atom is 0.323 e. The van der Waals surface area contributed by atoms with Gasteiger partial charge in [0.25, 0.3) is 0 Å². The fourth-order valence-corrected chi connectivity index (χ4v) is 3.23. The molecule has 1 heterocycles. The number of hydrogen-bond acceptors (Lipinski definition) is 5. The van der Waals surface area contributed by atoms with Gasteiger partial charge >= 0.3 is 6.03 Å². The van der Waals surface area contributed by atoms with E-state index >= 15 is 0 Å². The highest BCUT2D eigenvalue weighted by Crippen LogP contribution is 2.29. The quantitative estimate of drug-likeness (QED) is 0.554. The first-order chi connectivity index (χ1) is 14.3. The zero-order valence-corrected chi connectivity index (χ0v) is 18.6. The molecule has 1 aromatic heterocycles. The molecule has 1 aromatic carbocycles. The summed E-state index contributed by atoms with van der Waals surface area (Å²) >= 11 is 0. The van der Waals surface area contributed by atoms with Gasteiger partial charge in [-0.15, -0.1) is 0 Å². The van der Waals surface area contributed by atoms with Crippen molar-refractivity contribution in [3.8, 4) is 0 Å². The van der Waals surface area contributed by atoms with Gasteiger partial charge in [-0.3, -0.25) is 0 Å². The van der Waals surface area contributed by atoms with Crippen LogP contribution >= 0.6 is 0 Å². The van der Waals surface area contributed by atoms with Gasteiger partial charge in [-0.2, -0.15) is 0 Å². The Morgan fingerprint density at radius 3 is 2.27 bits per heavy atom. The number of aldehydes is 1. The maximum atomic E-state index is 12.7. The molecule has 0 saturated carbocycles. The fourth-order valence-electron chi connectivity index (χ4n) is 3.23. The lowest BCUT2D eigenvalue weighted by Crippen LogP contribution is -2.32. The Balaban J connectivity index is 2.30. The van der Waals surface area contributed by atoms with E-state index in [9.17, 15) is 9.59 Å². The van der Waals surface area contributed by atoms with Gasteiger partial charge < -0.3 is 20.3 Å². The smallest absolute Gasteiger partial charge is 0.323 e. The number of aryl methyl sites for hydroxylation is 2. The van der Waals surface area contributed by atoms with Gasteiger partial charge in [0.05, 0.1) is 29.5 Å². The van der Waals surface area contributed by atoms with E-state index in [1.807, 2.05) is 18.2 Å². The third kappa shape index (κ3) is 7.46. The Bertz CT molecular complexity index is 824. The number of carbonyl (C=O) groups is 2. The first kappa shape index (κ1) is 23.3. The van der Waals surface area contributed by atoms with Crippen molar-refractivity contribution < 1.29 is 9.59 Å². The third-order valence-corrected chi connectivity index (χ3v) is 4.41. The number of benzene rings is 1. The molecule has 0 spiro atoms.